The summed E-state index contributed by atoms with van der Waals surface area (Å²) in [5.41, 5.74) is 0. The molecule has 5 heavy (non-hydrogen) atoms. The molecule has 0 fully saturated rings. The molecule has 0 saturated heterocycles. The molecule has 0 aliphatic rings. The average molecular weight is 310 g/mol. The van der Waals surface area contributed by atoms with Crippen molar-refractivity contribution in [1.82, 2.24) is 0 Å². The first-order chi connectivity index (χ1) is 1.73. The fraction of sp³-hybridized carbons (Fsp3) is 0. The smallest absolute Gasteiger partial charge is 2.00 e. The molecule has 2 radical (unpaired) electrons. The standard InChI is InChI=1S/Mn.3O.Pb/q;;2*-1;+2. The molecule has 0 aromatic carbocycles. The van der Waals surface area contributed by atoms with Crippen LogP contribution in [-0.2, 0) is 18.3 Å². The number of hydrogen-bond donors (Lipinski definition) is 0. The largest absolute Gasteiger partial charge is 2.00 e. The second-order valence-corrected chi connectivity index (χ2v) is 0.779. The van der Waals surface area contributed by atoms with E-state index in [1.165, 1.54) is 0 Å². The van der Waals surface area contributed by atoms with Crippen LogP contribution in [0.15, 0.2) is 0 Å². The third-order valence-corrected chi connectivity index (χ3v) is 0. The van der Waals surface area contributed by atoms with Gasteiger partial charge in [0.2, 0.25) is 0 Å². The minimum Gasteiger partial charge on any atom is 2.00 e. The van der Waals surface area contributed by atoms with Gasteiger partial charge in [0, 0.05) is 0 Å². The Labute approximate surface area is 53.9 Å². The van der Waals surface area contributed by atoms with Crippen molar-refractivity contribution in [2.75, 3.05) is 0 Å². The summed E-state index contributed by atoms with van der Waals surface area (Å²) in [6.45, 7) is 0. The second-order valence-electron chi connectivity index (χ2n) is 0.189. The minimum absolute atomic E-state index is 0. The van der Waals surface area contributed by atoms with Crippen molar-refractivity contribution in [2.24, 2.45) is 0 Å². The Morgan fingerprint density at radius 1 is 1.40 bits per heavy atom. The molecule has 0 rings (SSSR count). The zero-order valence-corrected chi connectivity index (χ0v) is 7.17. The van der Waals surface area contributed by atoms with Gasteiger partial charge in [-0.15, -0.1) is 0 Å². The maximum Gasteiger partial charge on any atom is 2.00 e. The van der Waals surface area contributed by atoms with E-state index in [1.807, 2.05) is 0 Å². The topological polar surface area (TPSA) is 63.2 Å². The molecular weight excluding hydrogens is 310 g/mol. The van der Waals surface area contributed by atoms with Gasteiger partial charge in [0.25, 0.3) is 0 Å². The Morgan fingerprint density at radius 2 is 1.40 bits per heavy atom. The third-order valence-electron chi connectivity index (χ3n) is 0. The maximum absolute atomic E-state index is 8.52. The van der Waals surface area contributed by atoms with Gasteiger partial charge in [-0.05, 0) is 0 Å². The quantitative estimate of drug-likeness (QED) is 0.452. The van der Waals surface area contributed by atoms with Gasteiger partial charge in [-0.1, -0.05) is 0 Å². The van der Waals surface area contributed by atoms with Gasteiger partial charge in [-0.2, -0.15) is 0 Å². The Kier molecular flexibility index (Phi) is 9.78. The normalized spacial score (nSPS) is 7.00. The first kappa shape index (κ1) is 9.48. The Morgan fingerprint density at radius 3 is 1.40 bits per heavy atom. The molecule has 0 aliphatic carbocycles. The van der Waals surface area contributed by atoms with Gasteiger partial charge >= 0.3 is 54.0 Å². The van der Waals surface area contributed by atoms with Crippen LogP contribution < -0.4 is 8.38 Å². The molecule has 0 aliphatic heterocycles. The Bertz CT molecular complexity index is 29.9. The van der Waals surface area contributed by atoms with Gasteiger partial charge < -0.3 is 0 Å². The third kappa shape index (κ3) is 38.2. The van der Waals surface area contributed by atoms with E-state index < -0.39 is 14.5 Å². The fourth-order valence-corrected chi connectivity index (χ4v) is 0. The molecule has 0 unspecified atom stereocenters. The van der Waals surface area contributed by atoms with E-state index in [9.17, 15) is 0 Å². The van der Waals surface area contributed by atoms with Crippen LogP contribution in [0.2, 0.25) is 0 Å². The van der Waals surface area contributed by atoms with Gasteiger partial charge in [-0.25, -0.2) is 0 Å². The molecule has 0 N–H and O–H groups in total. The SMILES string of the molecule is [O]=[Mn]([O-])[O-].[Pb+2]. The molecule has 3 nitrogen and oxygen atoms in total. The van der Waals surface area contributed by atoms with E-state index >= 15 is 0 Å². The van der Waals surface area contributed by atoms with E-state index in [2.05, 4.69) is 0 Å². The summed E-state index contributed by atoms with van der Waals surface area (Å²) in [7, 11) is 0. The van der Waals surface area contributed by atoms with Crippen molar-refractivity contribution in [2.45, 2.75) is 0 Å². The van der Waals surface area contributed by atoms with Crippen LogP contribution >= 0.6 is 0 Å². The van der Waals surface area contributed by atoms with Crippen LogP contribution in [0.4, 0.5) is 0 Å². The van der Waals surface area contributed by atoms with Crippen molar-refractivity contribution in [1.29, 1.82) is 0 Å². The van der Waals surface area contributed by atoms with Gasteiger partial charge in [0.05, 0.1) is 0 Å². The summed E-state index contributed by atoms with van der Waals surface area (Å²) in [6, 6.07) is 0. The molecule has 0 aromatic rings. The average Bonchev–Trinajstić information content (AvgIpc) is 0.811. The van der Waals surface area contributed by atoms with E-state index in [0.717, 1.165) is 0 Å². The molecule has 0 bridgehead atoms. The molecule has 29 valence electrons. The van der Waals surface area contributed by atoms with Gasteiger partial charge in [0.15, 0.2) is 0 Å². The van der Waals surface area contributed by atoms with Crippen LogP contribution in [0.3, 0.4) is 0 Å². The minimum atomic E-state index is -3.65. The molecule has 0 heterocycles. The van der Waals surface area contributed by atoms with Crippen molar-refractivity contribution in [3.8, 4) is 0 Å². The molecule has 5 heteroatoms. The summed E-state index contributed by atoms with van der Waals surface area (Å²) in [4.78, 5) is 0. The molecule has 0 atom stereocenters. The van der Waals surface area contributed by atoms with E-state index in [-0.39, 0.29) is 27.3 Å². The monoisotopic (exact) mass is 311 g/mol. The zero-order valence-electron chi connectivity index (χ0n) is 2.10. The van der Waals surface area contributed by atoms with Crippen molar-refractivity contribution < 1.29 is 26.7 Å². The molecular formula is MnO3Pb. The Balaban J connectivity index is 0. The first-order valence-corrected chi connectivity index (χ1v) is 1.91. The van der Waals surface area contributed by atoms with Crippen molar-refractivity contribution in [3.05, 3.63) is 0 Å². The van der Waals surface area contributed by atoms with Crippen LogP contribution in [-0.4, -0.2) is 27.3 Å². The Hall–Kier alpha value is 1.16. The summed E-state index contributed by atoms with van der Waals surface area (Å²) >= 11 is -3.65. The van der Waals surface area contributed by atoms with E-state index in [1.54, 1.807) is 0 Å². The summed E-state index contributed by atoms with van der Waals surface area (Å²) < 4.78 is 25.6. The molecule has 0 saturated carbocycles. The summed E-state index contributed by atoms with van der Waals surface area (Å²) in [6.07, 6.45) is 0. The molecule has 0 spiro atoms. The molecule has 0 amide bonds. The first-order valence-electron chi connectivity index (χ1n) is 0.463. The predicted octanol–water partition coefficient (Wildman–Crippen LogP) is -2.88. The second kappa shape index (κ2) is 5.16. The van der Waals surface area contributed by atoms with Crippen LogP contribution in [0.1, 0.15) is 0 Å². The van der Waals surface area contributed by atoms with Crippen LogP contribution in [0, 0.1) is 0 Å². The molecule has 0 aromatic heterocycles. The maximum atomic E-state index is 8.52. The number of hydrogen-bond acceptors (Lipinski definition) is 3. The van der Waals surface area contributed by atoms with Gasteiger partial charge in [0.1, 0.15) is 0 Å². The van der Waals surface area contributed by atoms with Crippen molar-refractivity contribution >= 4 is 27.3 Å². The summed E-state index contributed by atoms with van der Waals surface area (Å²) in [5, 5.41) is 0. The van der Waals surface area contributed by atoms with E-state index in [4.69, 9.17) is 12.2 Å². The van der Waals surface area contributed by atoms with E-state index in [0.29, 0.717) is 0 Å². The van der Waals surface area contributed by atoms with Crippen LogP contribution in [0.5, 0.6) is 0 Å². The van der Waals surface area contributed by atoms with Crippen LogP contribution in [0.25, 0.3) is 0 Å². The van der Waals surface area contributed by atoms with Gasteiger partial charge in [-0.3, -0.25) is 0 Å². The van der Waals surface area contributed by atoms with Crippen molar-refractivity contribution in [3.63, 3.8) is 0 Å². The zero-order chi connectivity index (χ0) is 3.58. The summed E-state index contributed by atoms with van der Waals surface area (Å²) in [5.74, 6) is 0. The fourth-order valence-electron chi connectivity index (χ4n) is 0. The number of rotatable bonds is 0. The predicted molar refractivity (Wildman–Crippen MR) is 6.44 cm³/mol.